The summed E-state index contributed by atoms with van der Waals surface area (Å²) in [6.07, 6.45) is 4.39. The van der Waals surface area contributed by atoms with Crippen LogP contribution in [-0.4, -0.2) is 12.5 Å². The van der Waals surface area contributed by atoms with Gasteiger partial charge in [-0.15, -0.1) is 0 Å². The van der Waals surface area contributed by atoms with E-state index in [0.29, 0.717) is 18.4 Å². The predicted octanol–water partition coefficient (Wildman–Crippen LogP) is 3.82. The van der Waals surface area contributed by atoms with Gasteiger partial charge in [0, 0.05) is 11.6 Å². The molecule has 21 heavy (non-hydrogen) atoms. The third kappa shape index (κ3) is 3.65. The minimum absolute atomic E-state index is 0.0726. The first-order chi connectivity index (χ1) is 10.0. The van der Waals surface area contributed by atoms with Crippen molar-refractivity contribution in [1.82, 2.24) is 0 Å². The summed E-state index contributed by atoms with van der Waals surface area (Å²) >= 11 is 0. The number of rotatable bonds is 4. The van der Waals surface area contributed by atoms with E-state index in [1.807, 2.05) is 0 Å². The molecule has 3 heteroatoms. The van der Waals surface area contributed by atoms with Gasteiger partial charge in [-0.1, -0.05) is 44.9 Å². The highest BCUT2D eigenvalue weighted by molar-refractivity contribution is 5.94. The Morgan fingerprint density at radius 1 is 1.33 bits per heavy atom. The van der Waals surface area contributed by atoms with E-state index in [0.717, 1.165) is 30.5 Å². The molecular formula is C18H28N2O. The topological polar surface area (TPSA) is 55.1 Å². The summed E-state index contributed by atoms with van der Waals surface area (Å²) in [7, 11) is 0. The highest BCUT2D eigenvalue weighted by Crippen LogP contribution is 2.32. The molecule has 3 nitrogen and oxygen atoms in total. The maximum Gasteiger partial charge on any atom is 0.227 e. The Bertz CT molecular complexity index is 496. The molecule has 0 aliphatic heterocycles. The Labute approximate surface area is 128 Å². The van der Waals surface area contributed by atoms with E-state index in [-0.39, 0.29) is 11.8 Å². The van der Waals surface area contributed by atoms with Crippen LogP contribution in [0.3, 0.4) is 0 Å². The highest BCUT2D eigenvalue weighted by atomic mass is 16.1. The molecule has 116 valence electrons. The first-order valence-corrected chi connectivity index (χ1v) is 8.15. The SMILES string of the molecule is Cc1cccc(C(C)C)c1NC(=O)C1CCCCC1CN. The van der Waals surface area contributed by atoms with Crippen molar-refractivity contribution in [2.45, 2.75) is 52.4 Å². The van der Waals surface area contributed by atoms with Crippen molar-refractivity contribution in [3.63, 3.8) is 0 Å². The van der Waals surface area contributed by atoms with Gasteiger partial charge in [0.1, 0.15) is 0 Å². The molecule has 1 aliphatic carbocycles. The molecule has 1 amide bonds. The van der Waals surface area contributed by atoms with Gasteiger partial charge in [-0.3, -0.25) is 4.79 Å². The van der Waals surface area contributed by atoms with Crippen molar-refractivity contribution in [2.75, 3.05) is 11.9 Å². The van der Waals surface area contributed by atoms with Crippen LogP contribution in [0, 0.1) is 18.8 Å². The molecule has 1 aromatic rings. The van der Waals surface area contributed by atoms with Crippen LogP contribution in [0.4, 0.5) is 5.69 Å². The number of para-hydroxylation sites is 1. The number of amides is 1. The van der Waals surface area contributed by atoms with Gasteiger partial charge in [0.05, 0.1) is 0 Å². The Morgan fingerprint density at radius 2 is 2.05 bits per heavy atom. The monoisotopic (exact) mass is 288 g/mol. The number of benzene rings is 1. The number of carbonyl (C=O) groups excluding carboxylic acids is 1. The maximum atomic E-state index is 12.7. The molecule has 0 bridgehead atoms. The normalized spacial score (nSPS) is 22.3. The van der Waals surface area contributed by atoms with Crippen molar-refractivity contribution in [1.29, 1.82) is 0 Å². The first kappa shape index (κ1) is 16.0. The Hall–Kier alpha value is -1.35. The average Bonchev–Trinajstić information content (AvgIpc) is 2.48. The highest BCUT2D eigenvalue weighted by Gasteiger charge is 2.30. The summed E-state index contributed by atoms with van der Waals surface area (Å²) < 4.78 is 0. The average molecular weight is 288 g/mol. The van der Waals surface area contributed by atoms with Crippen LogP contribution in [-0.2, 0) is 4.79 Å². The van der Waals surface area contributed by atoms with Crippen molar-refractivity contribution in [2.24, 2.45) is 17.6 Å². The van der Waals surface area contributed by atoms with E-state index in [9.17, 15) is 4.79 Å². The number of anilines is 1. The number of nitrogens with two attached hydrogens (primary N) is 1. The summed E-state index contributed by atoms with van der Waals surface area (Å²) in [6.45, 7) is 6.99. The molecule has 1 aromatic carbocycles. The molecule has 2 rings (SSSR count). The second-order valence-electron chi connectivity index (χ2n) is 6.57. The van der Waals surface area contributed by atoms with E-state index in [1.165, 1.54) is 12.0 Å². The molecule has 1 saturated carbocycles. The van der Waals surface area contributed by atoms with Crippen molar-refractivity contribution in [3.05, 3.63) is 29.3 Å². The van der Waals surface area contributed by atoms with Gasteiger partial charge in [-0.2, -0.15) is 0 Å². The Kier molecular flexibility index (Phi) is 5.40. The predicted molar refractivity (Wildman–Crippen MR) is 88.4 cm³/mol. The lowest BCUT2D eigenvalue weighted by Crippen LogP contribution is -2.36. The standard InChI is InChI=1S/C18H28N2O/c1-12(2)15-10-6-7-13(3)17(15)20-18(21)16-9-5-4-8-14(16)11-19/h6-7,10,12,14,16H,4-5,8-9,11,19H2,1-3H3,(H,20,21). The van der Waals surface area contributed by atoms with Crippen molar-refractivity contribution in [3.8, 4) is 0 Å². The van der Waals surface area contributed by atoms with Gasteiger partial charge < -0.3 is 11.1 Å². The minimum Gasteiger partial charge on any atom is -0.330 e. The molecule has 1 fully saturated rings. The second-order valence-corrected chi connectivity index (χ2v) is 6.57. The quantitative estimate of drug-likeness (QED) is 0.885. The summed E-state index contributed by atoms with van der Waals surface area (Å²) in [4.78, 5) is 12.7. The lowest BCUT2D eigenvalue weighted by molar-refractivity contribution is -0.122. The van der Waals surface area contributed by atoms with Gasteiger partial charge >= 0.3 is 0 Å². The van der Waals surface area contributed by atoms with Crippen LogP contribution in [0.15, 0.2) is 18.2 Å². The lowest BCUT2D eigenvalue weighted by atomic mass is 9.78. The molecule has 0 spiro atoms. The molecule has 2 unspecified atom stereocenters. The van der Waals surface area contributed by atoms with Crippen LogP contribution in [0.2, 0.25) is 0 Å². The van der Waals surface area contributed by atoms with E-state index >= 15 is 0 Å². The van der Waals surface area contributed by atoms with Gasteiger partial charge in [0.2, 0.25) is 5.91 Å². The largest absolute Gasteiger partial charge is 0.330 e. The molecule has 0 aromatic heterocycles. The van der Waals surface area contributed by atoms with Gasteiger partial charge in [0.15, 0.2) is 0 Å². The van der Waals surface area contributed by atoms with E-state index < -0.39 is 0 Å². The van der Waals surface area contributed by atoms with E-state index in [1.54, 1.807) is 0 Å². The van der Waals surface area contributed by atoms with Crippen molar-refractivity contribution < 1.29 is 4.79 Å². The number of carbonyl (C=O) groups is 1. The molecule has 0 heterocycles. The maximum absolute atomic E-state index is 12.7. The Morgan fingerprint density at radius 3 is 2.71 bits per heavy atom. The zero-order valence-electron chi connectivity index (χ0n) is 13.5. The molecule has 1 aliphatic rings. The zero-order valence-corrected chi connectivity index (χ0v) is 13.5. The number of hydrogen-bond acceptors (Lipinski definition) is 2. The van der Waals surface area contributed by atoms with Crippen LogP contribution < -0.4 is 11.1 Å². The van der Waals surface area contributed by atoms with Crippen LogP contribution >= 0.6 is 0 Å². The fourth-order valence-corrected chi connectivity index (χ4v) is 3.39. The molecule has 2 atom stereocenters. The molecule has 0 radical (unpaired) electrons. The fraction of sp³-hybridized carbons (Fsp3) is 0.611. The molecule has 0 saturated heterocycles. The van der Waals surface area contributed by atoms with Crippen LogP contribution in [0.5, 0.6) is 0 Å². The van der Waals surface area contributed by atoms with Crippen molar-refractivity contribution >= 4 is 11.6 Å². The molecule has 3 N–H and O–H groups in total. The number of nitrogens with one attached hydrogen (secondary N) is 1. The third-order valence-electron chi connectivity index (χ3n) is 4.72. The summed E-state index contributed by atoms with van der Waals surface area (Å²) in [5.74, 6) is 0.965. The van der Waals surface area contributed by atoms with Gasteiger partial charge in [0.25, 0.3) is 0 Å². The molecular weight excluding hydrogens is 260 g/mol. The van der Waals surface area contributed by atoms with Gasteiger partial charge in [-0.25, -0.2) is 0 Å². The second kappa shape index (κ2) is 7.08. The summed E-state index contributed by atoms with van der Waals surface area (Å²) in [5, 5.41) is 3.20. The number of hydrogen-bond donors (Lipinski definition) is 2. The van der Waals surface area contributed by atoms with Gasteiger partial charge in [-0.05, 0) is 49.3 Å². The third-order valence-corrected chi connectivity index (χ3v) is 4.72. The minimum atomic E-state index is 0.0726. The fourth-order valence-electron chi connectivity index (χ4n) is 3.39. The van der Waals surface area contributed by atoms with Crippen LogP contribution in [0.25, 0.3) is 0 Å². The first-order valence-electron chi connectivity index (χ1n) is 8.15. The summed E-state index contributed by atoms with van der Waals surface area (Å²) in [5.41, 5.74) is 9.20. The summed E-state index contributed by atoms with van der Waals surface area (Å²) in [6, 6.07) is 6.22. The van der Waals surface area contributed by atoms with Crippen LogP contribution in [0.1, 0.15) is 56.6 Å². The zero-order chi connectivity index (χ0) is 15.4. The van der Waals surface area contributed by atoms with E-state index in [4.69, 9.17) is 5.73 Å². The lowest BCUT2D eigenvalue weighted by Gasteiger charge is -2.30. The number of aryl methyl sites for hydroxylation is 1. The van der Waals surface area contributed by atoms with E-state index in [2.05, 4.69) is 44.3 Å². The smallest absolute Gasteiger partial charge is 0.227 e. The Balaban J connectivity index is 2.19.